The van der Waals surface area contributed by atoms with E-state index in [-0.39, 0.29) is 34.1 Å². The number of nitrogens with zero attached hydrogens (tertiary/aromatic N) is 2. The summed E-state index contributed by atoms with van der Waals surface area (Å²) in [5.41, 5.74) is 0.0127. The molecule has 172 valence electrons. The van der Waals surface area contributed by atoms with Crippen LogP contribution in [0, 0.1) is 11.6 Å². The molecular formula is C24H21ClF2N2O4. The van der Waals surface area contributed by atoms with Crippen molar-refractivity contribution in [1.29, 1.82) is 0 Å². The minimum atomic E-state index is -0.531. The largest absolute Gasteiger partial charge is 0.488 e. The van der Waals surface area contributed by atoms with Gasteiger partial charge in [-0.25, -0.2) is 8.78 Å². The number of amides is 1. The van der Waals surface area contributed by atoms with Gasteiger partial charge in [-0.15, -0.1) is 0 Å². The lowest BCUT2D eigenvalue weighted by Crippen LogP contribution is -2.50. The van der Waals surface area contributed by atoms with Gasteiger partial charge in [-0.05, 0) is 37.1 Å². The summed E-state index contributed by atoms with van der Waals surface area (Å²) in [5, 5.41) is 3.87. The van der Waals surface area contributed by atoms with E-state index in [0.29, 0.717) is 31.9 Å². The van der Waals surface area contributed by atoms with Gasteiger partial charge in [-0.2, -0.15) is 0 Å². The number of hydrogen-bond donors (Lipinski definition) is 0. The summed E-state index contributed by atoms with van der Waals surface area (Å²) < 4.78 is 44.7. The van der Waals surface area contributed by atoms with Crippen LogP contribution in [0.3, 0.4) is 0 Å². The summed E-state index contributed by atoms with van der Waals surface area (Å²) in [5.74, 6) is -0.734. The van der Waals surface area contributed by atoms with E-state index < -0.39 is 17.2 Å². The van der Waals surface area contributed by atoms with Gasteiger partial charge in [0.2, 0.25) is 5.76 Å². The van der Waals surface area contributed by atoms with Gasteiger partial charge in [0.1, 0.15) is 29.2 Å². The monoisotopic (exact) mass is 474 g/mol. The average Bonchev–Trinajstić information content (AvgIpc) is 3.44. The Morgan fingerprint density at radius 2 is 2.03 bits per heavy atom. The molecule has 9 heteroatoms. The summed E-state index contributed by atoms with van der Waals surface area (Å²) in [6.07, 6.45) is 1.90. The summed E-state index contributed by atoms with van der Waals surface area (Å²) in [4.78, 5) is 14.7. The van der Waals surface area contributed by atoms with E-state index >= 15 is 0 Å². The molecule has 3 heterocycles. The maximum atomic E-state index is 14.0. The molecule has 0 N–H and O–H groups in total. The van der Waals surface area contributed by atoms with Gasteiger partial charge in [0.05, 0.1) is 23.8 Å². The molecule has 0 aliphatic carbocycles. The standard InChI is InChI=1S/C24H21ClF2N2O4/c25-18-10-15(6-7-20(18)27)32-16-12-24(31-13-16)8-3-9-29(14-24)23(30)22-11-21(28-33-22)17-4-1-2-5-19(17)26/h1-2,4-7,10-11,16H,3,8-9,12-14H2/t16-,24-/m1/s1. The van der Waals surface area contributed by atoms with Gasteiger partial charge in [0.15, 0.2) is 0 Å². The highest BCUT2D eigenvalue weighted by molar-refractivity contribution is 6.30. The van der Waals surface area contributed by atoms with Gasteiger partial charge in [0, 0.05) is 30.7 Å². The first kappa shape index (κ1) is 21.9. The fraction of sp³-hybridized carbons (Fsp3) is 0.333. The number of rotatable bonds is 4. The van der Waals surface area contributed by atoms with Crippen LogP contribution in [0.1, 0.15) is 29.8 Å². The van der Waals surface area contributed by atoms with Crippen molar-refractivity contribution < 1.29 is 27.6 Å². The lowest BCUT2D eigenvalue weighted by Gasteiger charge is -2.39. The summed E-state index contributed by atoms with van der Waals surface area (Å²) in [6.45, 7) is 1.29. The van der Waals surface area contributed by atoms with Crippen LogP contribution >= 0.6 is 11.6 Å². The van der Waals surface area contributed by atoms with E-state index in [1.54, 1.807) is 23.1 Å². The first-order valence-electron chi connectivity index (χ1n) is 10.7. The Bertz CT molecular complexity index is 1190. The molecule has 0 saturated carbocycles. The van der Waals surface area contributed by atoms with Gasteiger partial charge in [-0.1, -0.05) is 28.9 Å². The van der Waals surface area contributed by atoms with Crippen molar-refractivity contribution >= 4 is 17.5 Å². The molecule has 6 nitrogen and oxygen atoms in total. The molecule has 0 radical (unpaired) electrons. The highest BCUT2D eigenvalue weighted by Gasteiger charge is 2.46. The molecule has 5 rings (SSSR count). The van der Waals surface area contributed by atoms with Crippen LogP contribution in [0.4, 0.5) is 8.78 Å². The lowest BCUT2D eigenvalue weighted by atomic mass is 9.89. The van der Waals surface area contributed by atoms with E-state index in [2.05, 4.69) is 5.16 Å². The Morgan fingerprint density at radius 3 is 2.85 bits per heavy atom. The van der Waals surface area contributed by atoms with Crippen molar-refractivity contribution in [3.63, 3.8) is 0 Å². The molecule has 1 aromatic heterocycles. The fourth-order valence-electron chi connectivity index (χ4n) is 4.50. The first-order chi connectivity index (χ1) is 15.9. The van der Waals surface area contributed by atoms with E-state index in [1.165, 1.54) is 30.3 Å². The smallest absolute Gasteiger partial charge is 0.292 e. The molecule has 2 saturated heterocycles. The summed E-state index contributed by atoms with van der Waals surface area (Å²) in [6, 6.07) is 11.9. The summed E-state index contributed by atoms with van der Waals surface area (Å²) in [7, 11) is 0. The van der Waals surface area contributed by atoms with Crippen molar-refractivity contribution in [2.45, 2.75) is 31.0 Å². The number of carbonyl (C=O) groups is 1. The Labute approximate surface area is 194 Å². The summed E-state index contributed by atoms with van der Waals surface area (Å²) >= 11 is 5.84. The molecule has 1 amide bonds. The molecule has 2 aliphatic heterocycles. The van der Waals surface area contributed by atoms with E-state index in [9.17, 15) is 13.6 Å². The number of ether oxygens (including phenoxy) is 2. The van der Waals surface area contributed by atoms with Gasteiger partial charge >= 0.3 is 0 Å². The van der Waals surface area contributed by atoms with Gasteiger partial charge in [-0.3, -0.25) is 4.79 Å². The zero-order valence-corrected chi connectivity index (χ0v) is 18.4. The Kier molecular flexibility index (Phi) is 5.80. The van der Waals surface area contributed by atoms with Crippen LogP contribution in [0.25, 0.3) is 11.3 Å². The molecule has 0 unspecified atom stereocenters. The zero-order valence-electron chi connectivity index (χ0n) is 17.6. The number of halogens is 3. The third-order valence-electron chi connectivity index (χ3n) is 6.07. The van der Waals surface area contributed by atoms with Crippen molar-refractivity contribution in [2.75, 3.05) is 19.7 Å². The predicted molar refractivity (Wildman–Crippen MR) is 116 cm³/mol. The maximum Gasteiger partial charge on any atom is 0.292 e. The van der Waals surface area contributed by atoms with E-state index in [1.807, 2.05) is 0 Å². The van der Waals surface area contributed by atoms with Crippen molar-refractivity contribution in [3.05, 3.63) is 70.9 Å². The van der Waals surface area contributed by atoms with Crippen molar-refractivity contribution in [2.24, 2.45) is 0 Å². The fourth-order valence-corrected chi connectivity index (χ4v) is 4.67. The number of benzene rings is 2. The van der Waals surface area contributed by atoms with Crippen LogP contribution in [0.5, 0.6) is 5.75 Å². The molecule has 33 heavy (non-hydrogen) atoms. The Hall–Kier alpha value is -2.97. The van der Waals surface area contributed by atoms with Crippen molar-refractivity contribution in [1.82, 2.24) is 10.1 Å². The number of hydrogen-bond acceptors (Lipinski definition) is 5. The van der Waals surface area contributed by atoms with E-state index in [0.717, 1.165) is 12.8 Å². The van der Waals surface area contributed by atoms with Crippen LogP contribution in [-0.2, 0) is 4.74 Å². The van der Waals surface area contributed by atoms with Crippen LogP contribution < -0.4 is 4.74 Å². The second-order valence-electron chi connectivity index (χ2n) is 8.40. The molecular weight excluding hydrogens is 454 g/mol. The third kappa shape index (κ3) is 4.45. The van der Waals surface area contributed by atoms with Crippen LogP contribution in [0.15, 0.2) is 53.1 Å². The van der Waals surface area contributed by atoms with Gasteiger partial charge in [0.25, 0.3) is 5.91 Å². The normalized spacial score (nSPS) is 22.6. The highest BCUT2D eigenvalue weighted by atomic mass is 35.5. The molecule has 3 aromatic rings. The van der Waals surface area contributed by atoms with Crippen molar-refractivity contribution in [3.8, 4) is 17.0 Å². The van der Waals surface area contributed by atoms with Crippen LogP contribution in [-0.4, -0.2) is 47.4 Å². The van der Waals surface area contributed by atoms with Crippen LogP contribution in [0.2, 0.25) is 5.02 Å². The molecule has 2 aliphatic rings. The van der Waals surface area contributed by atoms with E-state index in [4.69, 9.17) is 25.6 Å². The number of piperidine rings is 1. The number of likely N-dealkylation sites (tertiary alicyclic amines) is 1. The average molecular weight is 475 g/mol. The van der Waals surface area contributed by atoms with Gasteiger partial charge < -0.3 is 18.9 Å². The Morgan fingerprint density at radius 1 is 1.18 bits per heavy atom. The minimum Gasteiger partial charge on any atom is -0.488 e. The number of carbonyl (C=O) groups excluding carboxylic acids is 1. The lowest BCUT2D eigenvalue weighted by molar-refractivity contribution is -0.0460. The topological polar surface area (TPSA) is 64.8 Å². The molecule has 2 fully saturated rings. The predicted octanol–water partition coefficient (Wildman–Crippen LogP) is 5.12. The Balaban J connectivity index is 1.26. The second-order valence-corrected chi connectivity index (χ2v) is 8.81. The quantitative estimate of drug-likeness (QED) is 0.525. The second kappa shape index (κ2) is 8.76. The molecule has 2 aromatic carbocycles. The highest BCUT2D eigenvalue weighted by Crippen LogP contribution is 2.37. The first-order valence-corrected chi connectivity index (χ1v) is 11.1. The molecule has 2 atom stereocenters. The molecule has 0 bridgehead atoms. The number of aromatic nitrogens is 1. The zero-order chi connectivity index (χ0) is 23.0. The third-order valence-corrected chi connectivity index (χ3v) is 6.36. The molecule has 1 spiro atoms. The SMILES string of the molecule is O=C(c1cc(-c2ccccc2F)no1)N1CCC[C@@]2(C[C@@H](Oc3ccc(F)c(Cl)c3)CO2)C1. The minimum absolute atomic E-state index is 0.00243. The maximum absolute atomic E-state index is 14.0.